The number of hydrogen-bond donors (Lipinski definition) is 1. The molecule has 0 spiro atoms. The van der Waals surface area contributed by atoms with Gasteiger partial charge >= 0.3 is 0 Å². The molecule has 8 nitrogen and oxygen atoms in total. The Morgan fingerprint density at radius 1 is 0.556 bits per heavy atom. The summed E-state index contributed by atoms with van der Waals surface area (Å²) in [6, 6.07) is 22.7. The molecule has 4 amide bonds. The minimum Gasteiger partial charge on any atom is -0.315 e. The Morgan fingerprint density at radius 2 is 1.00 bits per heavy atom. The second kappa shape index (κ2) is 13.3. The maximum absolute atomic E-state index is 13.3. The Morgan fingerprint density at radius 3 is 1.47 bits per heavy atom. The van der Waals surface area contributed by atoms with Crippen LogP contribution in [0.25, 0.3) is 21.5 Å². The van der Waals surface area contributed by atoms with Gasteiger partial charge in [0.15, 0.2) is 0 Å². The maximum atomic E-state index is 13.3. The Kier molecular flexibility index (Phi) is 9.05. The lowest BCUT2D eigenvalue weighted by molar-refractivity contribution is 0.0577. The third-order valence-corrected chi connectivity index (χ3v) is 9.11. The first kappa shape index (κ1) is 30.6. The molecular weight excluding hydrogens is 564 g/mol. The minimum absolute atomic E-state index is 0.211. The highest BCUT2D eigenvalue weighted by molar-refractivity contribution is 6.26. The Bertz CT molecular complexity index is 1680. The van der Waals surface area contributed by atoms with Gasteiger partial charge in [0.05, 0.1) is 0 Å². The largest absolute Gasteiger partial charge is 0.315 e. The third kappa shape index (κ3) is 6.00. The van der Waals surface area contributed by atoms with Crippen molar-refractivity contribution < 1.29 is 19.2 Å². The van der Waals surface area contributed by atoms with Gasteiger partial charge in [-0.2, -0.15) is 0 Å². The number of carbonyl (C=O) groups is 4. The summed E-state index contributed by atoms with van der Waals surface area (Å²) >= 11 is 0. The molecule has 1 N–H and O–H groups in total. The molecule has 0 radical (unpaired) electrons. The summed E-state index contributed by atoms with van der Waals surface area (Å²) in [7, 11) is 0. The van der Waals surface area contributed by atoms with Crippen LogP contribution >= 0.6 is 0 Å². The SMILES string of the molecule is CC(C)N(CCCCCCNCCN1C(=O)c2cccc3cccc(c23)C1=O)CCN1C(=O)c2cccc3cccc(c23)C1=O. The van der Waals surface area contributed by atoms with Crippen molar-refractivity contribution in [2.45, 2.75) is 45.6 Å². The van der Waals surface area contributed by atoms with E-state index in [1.807, 2.05) is 60.7 Å². The lowest BCUT2D eigenvalue weighted by Crippen LogP contribution is -2.46. The summed E-state index contributed by atoms with van der Waals surface area (Å²) in [5, 5.41) is 6.75. The summed E-state index contributed by atoms with van der Waals surface area (Å²) < 4.78 is 0. The number of benzene rings is 4. The molecule has 0 aromatic heterocycles. The van der Waals surface area contributed by atoms with Crippen molar-refractivity contribution in [3.05, 3.63) is 95.1 Å². The Labute approximate surface area is 264 Å². The van der Waals surface area contributed by atoms with Crippen molar-refractivity contribution >= 4 is 45.2 Å². The molecule has 0 saturated carbocycles. The summed E-state index contributed by atoms with van der Waals surface area (Å²) in [4.78, 5) is 57.7. The van der Waals surface area contributed by atoms with Gasteiger partial charge in [-0.25, -0.2) is 0 Å². The van der Waals surface area contributed by atoms with Gasteiger partial charge in [0.2, 0.25) is 0 Å². The molecule has 45 heavy (non-hydrogen) atoms. The fourth-order valence-corrected chi connectivity index (χ4v) is 6.66. The highest BCUT2D eigenvalue weighted by atomic mass is 16.2. The fraction of sp³-hybridized carbons (Fsp3) is 0.351. The van der Waals surface area contributed by atoms with Crippen molar-refractivity contribution in [1.82, 2.24) is 20.0 Å². The van der Waals surface area contributed by atoms with Gasteiger partial charge in [-0.1, -0.05) is 61.4 Å². The average Bonchev–Trinajstić information content (AvgIpc) is 3.05. The first-order valence-corrected chi connectivity index (χ1v) is 16.1. The van der Waals surface area contributed by atoms with E-state index in [4.69, 9.17) is 0 Å². The average molecular weight is 605 g/mol. The van der Waals surface area contributed by atoms with Crippen LogP contribution in [0, 0.1) is 0 Å². The summed E-state index contributed by atoms with van der Waals surface area (Å²) in [5.41, 5.74) is 2.39. The van der Waals surface area contributed by atoms with Gasteiger partial charge in [-0.05, 0) is 74.8 Å². The molecule has 2 aliphatic rings. The van der Waals surface area contributed by atoms with Crippen LogP contribution < -0.4 is 5.32 Å². The van der Waals surface area contributed by atoms with Crippen molar-refractivity contribution in [1.29, 1.82) is 0 Å². The fourth-order valence-electron chi connectivity index (χ4n) is 6.66. The molecule has 0 saturated heterocycles. The van der Waals surface area contributed by atoms with Crippen molar-refractivity contribution in [3.63, 3.8) is 0 Å². The zero-order valence-electron chi connectivity index (χ0n) is 26.1. The molecule has 8 heteroatoms. The van der Waals surface area contributed by atoms with Gasteiger partial charge in [-0.15, -0.1) is 0 Å². The first-order valence-electron chi connectivity index (χ1n) is 16.1. The number of rotatable bonds is 14. The number of hydrogen-bond acceptors (Lipinski definition) is 6. The molecule has 4 aromatic rings. The number of unbranched alkanes of at least 4 members (excludes halogenated alkanes) is 3. The number of carbonyl (C=O) groups excluding carboxylic acids is 4. The first-order chi connectivity index (χ1) is 21.9. The Balaban J connectivity index is 0.906. The van der Waals surface area contributed by atoms with E-state index in [9.17, 15) is 19.2 Å². The lowest BCUT2D eigenvalue weighted by atomic mass is 9.94. The molecule has 0 fully saturated rings. The highest BCUT2D eigenvalue weighted by Crippen LogP contribution is 2.31. The number of nitrogens with one attached hydrogen (secondary N) is 1. The predicted molar refractivity (Wildman–Crippen MR) is 177 cm³/mol. The third-order valence-electron chi connectivity index (χ3n) is 9.11. The zero-order valence-corrected chi connectivity index (χ0v) is 26.1. The van der Waals surface area contributed by atoms with Crippen molar-refractivity contribution in [2.75, 3.05) is 39.3 Å². The van der Waals surface area contributed by atoms with Crippen LogP contribution in [0.1, 0.15) is 81.0 Å². The molecule has 6 rings (SSSR count). The quantitative estimate of drug-likeness (QED) is 0.146. The van der Waals surface area contributed by atoms with Crippen LogP contribution in [0.2, 0.25) is 0 Å². The molecule has 0 unspecified atom stereocenters. The predicted octanol–water partition coefficient (Wildman–Crippen LogP) is 5.75. The van der Waals surface area contributed by atoms with Crippen LogP contribution in [0.5, 0.6) is 0 Å². The lowest BCUT2D eigenvalue weighted by Gasteiger charge is -2.31. The van der Waals surface area contributed by atoms with Crippen LogP contribution in [0.4, 0.5) is 0 Å². The van der Waals surface area contributed by atoms with E-state index < -0.39 is 0 Å². The minimum atomic E-state index is -0.225. The molecule has 0 bridgehead atoms. The molecular formula is C37H40N4O4. The van der Waals surface area contributed by atoms with E-state index in [1.54, 1.807) is 12.1 Å². The highest BCUT2D eigenvalue weighted by Gasteiger charge is 2.33. The number of amides is 4. The maximum Gasteiger partial charge on any atom is 0.261 e. The van der Waals surface area contributed by atoms with E-state index >= 15 is 0 Å². The molecule has 2 heterocycles. The van der Waals surface area contributed by atoms with Gasteiger partial charge in [0, 0.05) is 65.2 Å². The van der Waals surface area contributed by atoms with E-state index in [2.05, 4.69) is 24.1 Å². The summed E-state index contributed by atoms with van der Waals surface area (Å²) in [6.45, 7) is 7.94. The number of imide groups is 2. The molecule has 0 atom stereocenters. The summed E-state index contributed by atoms with van der Waals surface area (Å²) in [5.74, 6) is -0.873. The van der Waals surface area contributed by atoms with Crippen molar-refractivity contribution in [2.24, 2.45) is 0 Å². The van der Waals surface area contributed by atoms with E-state index in [-0.39, 0.29) is 23.6 Å². The number of nitrogens with zero attached hydrogens (tertiary/aromatic N) is 3. The second-order valence-electron chi connectivity index (χ2n) is 12.2. The molecule has 2 aliphatic heterocycles. The van der Waals surface area contributed by atoms with Crippen LogP contribution in [0.3, 0.4) is 0 Å². The topological polar surface area (TPSA) is 90.0 Å². The van der Waals surface area contributed by atoms with Gasteiger partial charge in [0.1, 0.15) is 0 Å². The van der Waals surface area contributed by atoms with Crippen LogP contribution in [-0.2, 0) is 0 Å². The smallest absolute Gasteiger partial charge is 0.261 e. The van der Waals surface area contributed by atoms with Gasteiger partial charge < -0.3 is 5.32 Å². The van der Waals surface area contributed by atoms with Crippen LogP contribution in [-0.4, -0.2) is 83.6 Å². The normalized spacial score (nSPS) is 14.6. The van der Waals surface area contributed by atoms with Crippen LogP contribution in [0.15, 0.2) is 72.8 Å². The molecule has 4 aromatic carbocycles. The monoisotopic (exact) mass is 604 g/mol. The standard InChI is InChI=1S/C37H40N4O4/c1-25(2)39(23-24-41-36(44)30-17-9-13-27-14-10-18-31(33(27)30)37(41)45)21-6-4-3-5-19-38-20-22-40-34(42)28-15-7-11-26-12-8-16-29(32(26)28)35(40)43/h7-18,25,38H,3-6,19-24H2,1-2H3. The zero-order chi connectivity index (χ0) is 31.5. The summed E-state index contributed by atoms with van der Waals surface area (Å²) in [6.07, 6.45) is 4.18. The second-order valence-corrected chi connectivity index (χ2v) is 12.2. The van der Waals surface area contributed by atoms with Gasteiger partial charge in [-0.3, -0.25) is 33.9 Å². The molecule has 232 valence electrons. The van der Waals surface area contributed by atoms with Crippen molar-refractivity contribution in [3.8, 4) is 0 Å². The molecule has 0 aliphatic carbocycles. The van der Waals surface area contributed by atoms with E-state index in [0.717, 1.165) is 60.3 Å². The van der Waals surface area contributed by atoms with Gasteiger partial charge in [0.25, 0.3) is 23.6 Å². The van der Waals surface area contributed by atoms with E-state index in [0.29, 0.717) is 54.5 Å². The Hall–Kier alpha value is -4.40. The van der Waals surface area contributed by atoms with E-state index in [1.165, 1.54) is 9.80 Å².